The van der Waals surface area contributed by atoms with Gasteiger partial charge in [-0.25, -0.2) is 12.8 Å². The third-order valence-electron chi connectivity index (χ3n) is 5.72. The molecule has 1 atom stereocenters. The zero-order valence-corrected chi connectivity index (χ0v) is 18.3. The molecule has 2 aliphatic heterocycles. The summed E-state index contributed by atoms with van der Waals surface area (Å²) in [6.45, 7) is 2.22. The summed E-state index contributed by atoms with van der Waals surface area (Å²) in [4.78, 5) is 24.6. The van der Waals surface area contributed by atoms with Crippen LogP contribution in [0.1, 0.15) is 26.2 Å². The van der Waals surface area contributed by atoms with E-state index in [0.29, 0.717) is 36.4 Å². The monoisotopic (exact) mass is 461 g/mol. The van der Waals surface area contributed by atoms with Crippen LogP contribution in [-0.4, -0.2) is 43.7 Å². The summed E-state index contributed by atoms with van der Waals surface area (Å²) in [6.07, 6.45) is 0.657. The van der Waals surface area contributed by atoms with Gasteiger partial charge in [-0.3, -0.25) is 9.59 Å². The van der Waals surface area contributed by atoms with Gasteiger partial charge in [0.05, 0.1) is 10.6 Å². The topological polar surface area (TPSA) is 105 Å². The maximum atomic E-state index is 13.1. The molecule has 0 unspecified atom stereocenters. The van der Waals surface area contributed by atoms with E-state index in [2.05, 4.69) is 10.6 Å². The van der Waals surface area contributed by atoms with Crippen LogP contribution in [0.25, 0.3) is 0 Å². The van der Waals surface area contributed by atoms with Crippen molar-refractivity contribution in [2.75, 3.05) is 23.7 Å². The molecule has 2 amide bonds. The lowest BCUT2D eigenvalue weighted by Crippen LogP contribution is -2.41. The molecule has 0 saturated carbocycles. The standard InChI is InChI=1S/C22H24FN3O5S/c1-2-19-22(28)25-18-13-17(7-8-20(18)31-19)32(29,30)26-11-9-14(10-12-26)21(27)24-16-5-3-15(23)4-6-16/h3-8,13-14,19H,2,9-12H2,1H3,(H,24,27)(H,25,28)/t19-/m1/s1. The molecule has 4 rings (SSSR count). The van der Waals surface area contributed by atoms with Crippen LogP contribution in [0.3, 0.4) is 0 Å². The number of ether oxygens (including phenoxy) is 1. The van der Waals surface area contributed by atoms with Gasteiger partial charge >= 0.3 is 0 Å². The van der Waals surface area contributed by atoms with Crippen LogP contribution in [-0.2, 0) is 19.6 Å². The first-order chi connectivity index (χ1) is 15.3. The molecule has 0 aliphatic carbocycles. The van der Waals surface area contributed by atoms with Crippen LogP contribution >= 0.6 is 0 Å². The summed E-state index contributed by atoms with van der Waals surface area (Å²) >= 11 is 0. The number of amides is 2. The highest BCUT2D eigenvalue weighted by Gasteiger charge is 2.33. The molecule has 32 heavy (non-hydrogen) atoms. The average molecular weight is 462 g/mol. The molecule has 2 aliphatic rings. The van der Waals surface area contributed by atoms with Crippen molar-refractivity contribution in [3.05, 3.63) is 48.3 Å². The number of carbonyl (C=O) groups excluding carboxylic acids is 2. The average Bonchev–Trinajstić information content (AvgIpc) is 2.79. The molecule has 2 aromatic rings. The first-order valence-electron chi connectivity index (χ1n) is 10.5. The lowest BCUT2D eigenvalue weighted by molar-refractivity contribution is -0.123. The highest BCUT2D eigenvalue weighted by atomic mass is 32.2. The van der Waals surface area contributed by atoms with Gasteiger partial charge in [0.1, 0.15) is 11.6 Å². The number of rotatable bonds is 5. The predicted octanol–water partition coefficient (Wildman–Crippen LogP) is 2.97. The number of nitrogens with zero attached hydrogens (tertiary/aromatic N) is 1. The van der Waals surface area contributed by atoms with Gasteiger partial charge in [-0.1, -0.05) is 6.92 Å². The Bertz CT molecular complexity index is 1130. The first kappa shape index (κ1) is 22.2. The van der Waals surface area contributed by atoms with E-state index >= 15 is 0 Å². The van der Waals surface area contributed by atoms with Gasteiger partial charge in [0, 0.05) is 24.7 Å². The number of anilines is 2. The minimum atomic E-state index is -3.79. The van der Waals surface area contributed by atoms with Gasteiger partial charge in [0.15, 0.2) is 6.10 Å². The third-order valence-corrected chi connectivity index (χ3v) is 7.61. The molecule has 0 bridgehead atoms. The van der Waals surface area contributed by atoms with Crippen LogP contribution in [0.5, 0.6) is 5.75 Å². The van der Waals surface area contributed by atoms with Crippen molar-refractivity contribution < 1.29 is 27.1 Å². The number of benzene rings is 2. The van der Waals surface area contributed by atoms with Gasteiger partial charge < -0.3 is 15.4 Å². The smallest absolute Gasteiger partial charge is 0.265 e. The number of halogens is 1. The Morgan fingerprint density at radius 2 is 1.88 bits per heavy atom. The van der Waals surface area contributed by atoms with Gasteiger partial charge in [-0.05, 0) is 61.7 Å². The predicted molar refractivity (Wildman–Crippen MR) is 116 cm³/mol. The minimum Gasteiger partial charge on any atom is -0.478 e. The van der Waals surface area contributed by atoms with Crippen molar-refractivity contribution in [2.24, 2.45) is 5.92 Å². The molecule has 2 heterocycles. The summed E-state index contributed by atoms with van der Waals surface area (Å²) in [5.74, 6) is -0.810. The molecule has 1 fully saturated rings. The Balaban J connectivity index is 1.41. The zero-order chi connectivity index (χ0) is 22.9. The molecule has 2 aromatic carbocycles. The first-order valence-corrected chi connectivity index (χ1v) is 11.9. The molecular weight excluding hydrogens is 437 g/mol. The van der Waals surface area contributed by atoms with Crippen LogP contribution in [0.15, 0.2) is 47.4 Å². The van der Waals surface area contributed by atoms with E-state index in [1.165, 1.54) is 40.7 Å². The van der Waals surface area contributed by atoms with E-state index in [9.17, 15) is 22.4 Å². The Morgan fingerprint density at radius 3 is 2.53 bits per heavy atom. The summed E-state index contributed by atoms with van der Waals surface area (Å²) in [7, 11) is -3.79. The van der Waals surface area contributed by atoms with Gasteiger partial charge in [-0.15, -0.1) is 0 Å². The fourth-order valence-electron chi connectivity index (χ4n) is 3.84. The molecule has 1 saturated heterocycles. The van der Waals surface area contributed by atoms with Crippen LogP contribution in [0, 0.1) is 11.7 Å². The zero-order valence-electron chi connectivity index (χ0n) is 17.5. The van der Waals surface area contributed by atoms with Crippen LogP contribution in [0.2, 0.25) is 0 Å². The number of fused-ring (bicyclic) bond motifs is 1. The minimum absolute atomic E-state index is 0.0595. The Morgan fingerprint density at radius 1 is 1.19 bits per heavy atom. The molecular formula is C22H24FN3O5S. The largest absolute Gasteiger partial charge is 0.478 e. The van der Waals surface area contributed by atoms with Crippen molar-refractivity contribution in [2.45, 2.75) is 37.2 Å². The number of piperidine rings is 1. The maximum absolute atomic E-state index is 13.1. The maximum Gasteiger partial charge on any atom is 0.265 e. The summed E-state index contributed by atoms with van der Waals surface area (Å²) in [6, 6.07) is 9.90. The van der Waals surface area contributed by atoms with E-state index in [-0.39, 0.29) is 41.5 Å². The van der Waals surface area contributed by atoms with E-state index < -0.39 is 16.1 Å². The molecule has 10 heteroatoms. The van der Waals surface area contributed by atoms with E-state index in [1.54, 1.807) is 6.07 Å². The molecule has 0 radical (unpaired) electrons. The van der Waals surface area contributed by atoms with Gasteiger partial charge in [-0.2, -0.15) is 4.31 Å². The lowest BCUT2D eigenvalue weighted by atomic mass is 9.97. The molecule has 2 N–H and O–H groups in total. The Hall–Kier alpha value is -2.98. The van der Waals surface area contributed by atoms with Crippen molar-refractivity contribution in [3.63, 3.8) is 0 Å². The highest BCUT2D eigenvalue weighted by Crippen LogP contribution is 2.34. The number of nitrogens with one attached hydrogen (secondary N) is 2. The number of sulfonamides is 1. The molecule has 8 nitrogen and oxygen atoms in total. The molecule has 0 aromatic heterocycles. The van der Waals surface area contributed by atoms with Crippen molar-refractivity contribution in [1.82, 2.24) is 4.31 Å². The third kappa shape index (κ3) is 4.46. The Kier molecular flexibility index (Phi) is 6.16. The Labute approximate surface area is 185 Å². The second-order valence-corrected chi connectivity index (χ2v) is 9.77. The molecule has 0 spiro atoms. The quantitative estimate of drug-likeness (QED) is 0.712. The normalized spacial score (nSPS) is 19.6. The fraction of sp³-hybridized carbons (Fsp3) is 0.364. The lowest BCUT2D eigenvalue weighted by Gasteiger charge is -2.31. The summed E-state index contributed by atoms with van der Waals surface area (Å²) in [5, 5.41) is 5.44. The number of carbonyl (C=O) groups is 2. The van der Waals surface area contributed by atoms with Gasteiger partial charge in [0.25, 0.3) is 5.91 Å². The molecule has 170 valence electrons. The van der Waals surface area contributed by atoms with Gasteiger partial charge in [0.2, 0.25) is 15.9 Å². The summed E-state index contributed by atoms with van der Waals surface area (Å²) in [5.41, 5.74) is 0.824. The van der Waals surface area contributed by atoms with Crippen molar-refractivity contribution in [3.8, 4) is 5.75 Å². The second-order valence-electron chi connectivity index (χ2n) is 7.84. The van der Waals surface area contributed by atoms with Crippen molar-refractivity contribution in [1.29, 1.82) is 0 Å². The van der Waals surface area contributed by atoms with E-state index in [0.717, 1.165) is 0 Å². The SMILES string of the molecule is CC[C@H]1Oc2ccc(S(=O)(=O)N3CCC(C(=O)Nc4ccc(F)cc4)CC3)cc2NC1=O. The van der Waals surface area contributed by atoms with E-state index in [1.807, 2.05) is 6.92 Å². The second kappa shape index (κ2) is 8.87. The fourth-order valence-corrected chi connectivity index (χ4v) is 5.34. The number of hydrogen-bond acceptors (Lipinski definition) is 5. The van der Waals surface area contributed by atoms with Crippen LogP contribution < -0.4 is 15.4 Å². The van der Waals surface area contributed by atoms with Crippen LogP contribution in [0.4, 0.5) is 15.8 Å². The van der Waals surface area contributed by atoms with E-state index in [4.69, 9.17) is 4.74 Å². The highest BCUT2D eigenvalue weighted by molar-refractivity contribution is 7.89. The summed E-state index contributed by atoms with van der Waals surface area (Å²) < 4.78 is 46.2. The van der Waals surface area contributed by atoms with Crippen molar-refractivity contribution >= 4 is 33.2 Å². The number of hydrogen-bond donors (Lipinski definition) is 2.